The summed E-state index contributed by atoms with van der Waals surface area (Å²) < 4.78 is 40.8. The summed E-state index contributed by atoms with van der Waals surface area (Å²) in [6.07, 6.45) is 4.27. The molecular weight excluding hydrogens is 333 g/mol. The normalized spacial score (nSPS) is 27.0. The highest BCUT2D eigenvalue weighted by Gasteiger charge is 2.42. The van der Waals surface area contributed by atoms with Crippen molar-refractivity contribution in [2.45, 2.75) is 18.6 Å². The van der Waals surface area contributed by atoms with Crippen LogP contribution in [0.25, 0.3) is 11.3 Å². The van der Waals surface area contributed by atoms with Gasteiger partial charge in [-0.1, -0.05) is 6.07 Å². The number of aromatic nitrogens is 2. The Balaban J connectivity index is 1.79. The molecule has 1 fully saturated rings. The molecule has 2 aliphatic rings. The molecule has 1 N–H and O–H groups in total. The Bertz CT molecular complexity index is 896. The lowest BCUT2D eigenvalue weighted by molar-refractivity contribution is 0.0358. The Kier molecular flexibility index (Phi) is 3.52. The Morgan fingerprint density at radius 2 is 2.17 bits per heavy atom. The molecule has 128 valence electrons. The lowest BCUT2D eigenvalue weighted by atomic mass is 9.85. The van der Waals surface area contributed by atoms with Crippen LogP contribution >= 0.6 is 0 Å². The Morgan fingerprint density at radius 3 is 2.92 bits per heavy atom. The lowest BCUT2D eigenvalue weighted by Gasteiger charge is -2.38. The number of rotatable bonds is 2. The first kappa shape index (κ1) is 15.7. The van der Waals surface area contributed by atoms with E-state index in [9.17, 15) is 17.9 Å². The van der Waals surface area contributed by atoms with E-state index in [1.54, 1.807) is 18.6 Å². The van der Waals surface area contributed by atoms with E-state index in [2.05, 4.69) is 4.98 Å². The first-order valence-electron chi connectivity index (χ1n) is 7.81. The van der Waals surface area contributed by atoms with E-state index in [1.807, 2.05) is 4.57 Å². The van der Waals surface area contributed by atoms with E-state index in [1.165, 1.54) is 22.7 Å². The number of piperidine rings is 1. The van der Waals surface area contributed by atoms with Crippen LogP contribution in [0.5, 0.6) is 0 Å². The lowest BCUT2D eigenvalue weighted by Crippen LogP contribution is -2.48. The fourth-order valence-electron chi connectivity index (χ4n) is 3.88. The third kappa shape index (κ3) is 2.37. The molecule has 1 saturated heterocycles. The molecule has 3 atom stereocenters. The molecule has 8 heteroatoms. The number of fused-ring (bicyclic) bond motifs is 3. The quantitative estimate of drug-likeness (QED) is 0.883. The number of benzene rings is 1. The standard InChI is InChI=1S/C16H18FN3O3S/c1-24(22,23)19-5-4-15(21)13(8-19)16-11-3-2-10(17)6-12(11)14-7-18-9-20(14)16/h2-3,6-7,9,13,15-16,21H,4-5,8H2,1H3/t13-,15-,16+/m1/s1. The van der Waals surface area contributed by atoms with E-state index < -0.39 is 16.1 Å². The molecule has 0 spiro atoms. The van der Waals surface area contributed by atoms with Gasteiger partial charge < -0.3 is 9.67 Å². The van der Waals surface area contributed by atoms with Crippen molar-refractivity contribution in [3.8, 4) is 11.3 Å². The first-order chi connectivity index (χ1) is 11.4. The van der Waals surface area contributed by atoms with Gasteiger partial charge in [0.25, 0.3) is 0 Å². The van der Waals surface area contributed by atoms with Gasteiger partial charge in [0.05, 0.1) is 36.6 Å². The van der Waals surface area contributed by atoms with Crippen LogP contribution in [-0.2, 0) is 10.0 Å². The van der Waals surface area contributed by atoms with Crippen LogP contribution in [0.1, 0.15) is 18.0 Å². The number of imidazole rings is 1. The number of sulfonamides is 1. The summed E-state index contributed by atoms with van der Waals surface area (Å²) in [6, 6.07) is 4.33. The maximum absolute atomic E-state index is 13.7. The summed E-state index contributed by atoms with van der Waals surface area (Å²) >= 11 is 0. The van der Waals surface area contributed by atoms with Gasteiger partial charge in [0.1, 0.15) is 5.82 Å². The molecule has 24 heavy (non-hydrogen) atoms. The van der Waals surface area contributed by atoms with Crippen molar-refractivity contribution in [2.75, 3.05) is 19.3 Å². The summed E-state index contributed by atoms with van der Waals surface area (Å²) in [5.41, 5.74) is 2.44. The van der Waals surface area contributed by atoms with Crippen molar-refractivity contribution >= 4 is 10.0 Å². The van der Waals surface area contributed by atoms with Crippen LogP contribution in [0.15, 0.2) is 30.7 Å². The van der Waals surface area contributed by atoms with Crippen molar-refractivity contribution < 1.29 is 17.9 Å². The fraction of sp³-hybridized carbons (Fsp3) is 0.438. The van der Waals surface area contributed by atoms with Gasteiger partial charge in [-0.05, 0) is 24.1 Å². The number of hydrogen-bond donors (Lipinski definition) is 1. The molecule has 3 heterocycles. The van der Waals surface area contributed by atoms with E-state index >= 15 is 0 Å². The van der Waals surface area contributed by atoms with Gasteiger partial charge in [-0.3, -0.25) is 0 Å². The van der Waals surface area contributed by atoms with Gasteiger partial charge in [-0.2, -0.15) is 0 Å². The molecule has 2 aromatic rings. The third-order valence-electron chi connectivity index (χ3n) is 5.03. The molecule has 2 aliphatic heterocycles. The SMILES string of the molecule is CS(=O)(=O)N1CC[C@@H](O)[C@H]([C@@H]2c3ccc(F)cc3-c3cncn32)C1. The van der Waals surface area contributed by atoms with Crippen molar-refractivity contribution in [3.05, 3.63) is 42.1 Å². The topological polar surface area (TPSA) is 75.4 Å². The molecule has 1 aromatic heterocycles. The summed E-state index contributed by atoms with van der Waals surface area (Å²) in [5, 5.41) is 10.5. The number of halogens is 1. The van der Waals surface area contributed by atoms with Crippen LogP contribution in [0.4, 0.5) is 4.39 Å². The summed E-state index contributed by atoms with van der Waals surface area (Å²) in [5.74, 6) is -0.641. The Morgan fingerprint density at radius 1 is 1.38 bits per heavy atom. The van der Waals surface area contributed by atoms with Crippen LogP contribution < -0.4 is 0 Å². The highest BCUT2D eigenvalue weighted by molar-refractivity contribution is 7.88. The van der Waals surface area contributed by atoms with E-state index in [0.717, 1.165) is 16.8 Å². The largest absolute Gasteiger partial charge is 0.393 e. The smallest absolute Gasteiger partial charge is 0.211 e. The number of aliphatic hydroxyl groups is 1. The van der Waals surface area contributed by atoms with Gasteiger partial charge in [0.2, 0.25) is 10.0 Å². The van der Waals surface area contributed by atoms with E-state index in [0.29, 0.717) is 13.0 Å². The van der Waals surface area contributed by atoms with Gasteiger partial charge in [-0.25, -0.2) is 22.1 Å². The molecule has 0 amide bonds. The minimum absolute atomic E-state index is 0.235. The zero-order chi connectivity index (χ0) is 17.1. The van der Waals surface area contributed by atoms with E-state index in [4.69, 9.17) is 0 Å². The molecule has 1 aromatic carbocycles. The van der Waals surface area contributed by atoms with Gasteiger partial charge in [0, 0.05) is 24.6 Å². The van der Waals surface area contributed by atoms with Crippen molar-refractivity contribution in [1.82, 2.24) is 13.9 Å². The average Bonchev–Trinajstić information content (AvgIpc) is 3.08. The van der Waals surface area contributed by atoms with E-state index in [-0.39, 0.29) is 24.3 Å². The average molecular weight is 351 g/mol. The molecule has 0 aliphatic carbocycles. The van der Waals surface area contributed by atoms with Crippen molar-refractivity contribution in [3.63, 3.8) is 0 Å². The minimum atomic E-state index is -3.32. The molecule has 6 nitrogen and oxygen atoms in total. The zero-order valence-corrected chi connectivity index (χ0v) is 13.9. The summed E-state index contributed by atoms with van der Waals surface area (Å²) in [4.78, 5) is 4.14. The van der Waals surface area contributed by atoms with Gasteiger partial charge >= 0.3 is 0 Å². The van der Waals surface area contributed by atoms with Gasteiger partial charge in [-0.15, -0.1) is 0 Å². The van der Waals surface area contributed by atoms with Crippen LogP contribution in [0, 0.1) is 11.7 Å². The first-order valence-corrected chi connectivity index (χ1v) is 9.66. The zero-order valence-electron chi connectivity index (χ0n) is 13.1. The predicted octanol–water partition coefficient (Wildman–Crippen LogP) is 1.23. The molecule has 0 radical (unpaired) electrons. The number of hydrogen-bond acceptors (Lipinski definition) is 4. The second-order valence-electron chi connectivity index (χ2n) is 6.50. The second kappa shape index (κ2) is 5.37. The molecule has 4 rings (SSSR count). The molecule has 0 unspecified atom stereocenters. The molecular formula is C16H18FN3O3S. The summed E-state index contributed by atoms with van der Waals surface area (Å²) in [7, 11) is -3.32. The number of nitrogens with zero attached hydrogens (tertiary/aromatic N) is 3. The van der Waals surface area contributed by atoms with Crippen LogP contribution in [-0.4, -0.2) is 52.8 Å². The monoisotopic (exact) mass is 351 g/mol. The molecule has 0 bridgehead atoms. The minimum Gasteiger partial charge on any atom is -0.393 e. The Hall–Kier alpha value is -1.77. The molecule has 0 saturated carbocycles. The maximum Gasteiger partial charge on any atom is 0.211 e. The predicted molar refractivity (Wildman–Crippen MR) is 86.3 cm³/mol. The number of aliphatic hydroxyl groups excluding tert-OH is 1. The highest BCUT2D eigenvalue weighted by atomic mass is 32.2. The summed E-state index contributed by atoms with van der Waals surface area (Å²) in [6.45, 7) is 0.551. The Labute approximate surface area is 139 Å². The fourth-order valence-corrected chi connectivity index (χ4v) is 4.76. The van der Waals surface area contributed by atoms with Gasteiger partial charge in [0.15, 0.2) is 0 Å². The highest BCUT2D eigenvalue weighted by Crippen LogP contribution is 2.45. The maximum atomic E-state index is 13.7. The van der Waals surface area contributed by atoms with Crippen LogP contribution in [0.3, 0.4) is 0 Å². The second-order valence-corrected chi connectivity index (χ2v) is 8.49. The third-order valence-corrected chi connectivity index (χ3v) is 6.30. The van der Waals surface area contributed by atoms with Crippen LogP contribution in [0.2, 0.25) is 0 Å². The van der Waals surface area contributed by atoms with Crippen molar-refractivity contribution in [1.29, 1.82) is 0 Å². The van der Waals surface area contributed by atoms with Crippen molar-refractivity contribution in [2.24, 2.45) is 5.92 Å².